The molecule has 0 bridgehead atoms. The molecule has 1 unspecified atom stereocenters. The molecule has 0 radical (unpaired) electrons. The predicted molar refractivity (Wildman–Crippen MR) is 136 cm³/mol. The van der Waals surface area contributed by atoms with Gasteiger partial charge in [-0.25, -0.2) is 0 Å². The second kappa shape index (κ2) is 20.4. The molecule has 0 saturated heterocycles. The van der Waals surface area contributed by atoms with Crippen LogP contribution in [-0.4, -0.2) is 52.3 Å². The summed E-state index contributed by atoms with van der Waals surface area (Å²) in [6, 6.07) is -0.875. The van der Waals surface area contributed by atoms with Gasteiger partial charge in [-0.15, -0.1) is 0 Å². The zero-order valence-electron chi connectivity index (χ0n) is 19.6. The van der Waals surface area contributed by atoms with Crippen molar-refractivity contribution in [2.75, 3.05) is 12.3 Å². The van der Waals surface area contributed by atoms with Gasteiger partial charge in [0.1, 0.15) is 0 Å². The van der Waals surface area contributed by atoms with E-state index < -0.39 is 29.9 Å². The number of hydrogen-bond acceptors (Lipinski definition) is 6. The molecule has 0 aliphatic carbocycles. The van der Waals surface area contributed by atoms with Gasteiger partial charge in [-0.3, -0.25) is 14.4 Å². The second-order valence-corrected chi connectivity index (χ2v) is 8.09. The lowest BCUT2D eigenvalue weighted by Gasteiger charge is -2.25. The number of nitrogens with two attached hydrogens (primary N) is 1. The van der Waals surface area contributed by atoms with Crippen molar-refractivity contribution in [3.8, 4) is 0 Å². The zero-order valence-corrected chi connectivity index (χ0v) is 20.5. The molecular formula is C25H40N2O5S. The number of hydrogen-bond donors (Lipinski definition) is 5. The van der Waals surface area contributed by atoms with Crippen LogP contribution in [0, 0.1) is 5.92 Å². The number of aliphatic hydroxyl groups excluding tert-OH is 1. The van der Waals surface area contributed by atoms with Crippen molar-refractivity contribution in [1.82, 2.24) is 5.32 Å². The highest BCUT2D eigenvalue weighted by atomic mass is 32.1. The largest absolute Gasteiger partial charge is 0.481 e. The van der Waals surface area contributed by atoms with E-state index in [0.717, 1.165) is 6.42 Å². The fraction of sp³-hybridized carbons (Fsp3) is 0.560. The summed E-state index contributed by atoms with van der Waals surface area (Å²) in [5.74, 6) is -2.51. The fourth-order valence-electron chi connectivity index (χ4n) is 3.09. The van der Waals surface area contributed by atoms with Crippen LogP contribution in [0.2, 0.25) is 0 Å². The average Bonchev–Trinajstić information content (AvgIpc) is 2.79. The van der Waals surface area contributed by atoms with Crippen LogP contribution in [0.15, 0.2) is 48.6 Å². The maximum atomic E-state index is 12.9. The summed E-state index contributed by atoms with van der Waals surface area (Å²) in [6.07, 6.45) is 19.5. The Kier molecular flexibility index (Phi) is 19.1. The highest BCUT2D eigenvalue weighted by Gasteiger charge is 2.31. The van der Waals surface area contributed by atoms with E-state index in [1.165, 1.54) is 19.3 Å². The number of aliphatic carboxylic acids is 1. The van der Waals surface area contributed by atoms with E-state index in [1.807, 2.05) is 30.4 Å². The van der Waals surface area contributed by atoms with Crippen LogP contribution < -0.4 is 11.1 Å². The fourth-order valence-corrected chi connectivity index (χ4v) is 3.36. The van der Waals surface area contributed by atoms with Crippen LogP contribution in [0.1, 0.15) is 58.3 Å². The summed E-state index contributed by atoms with van der Waals surface area (Å²) in [5, 5.41) is 21.9. The standard InChI is InChI=1S/C25H40N2O5S/c1-2-3-4-5-6-7-8-9-10-11-12-13-15-20(22(28)16-14-17-24(30)31)25(32)21(19-33)27-23(29)18-26/h6-13,20-22,28,33H,2-5,14-19,26H2,1H3,(H,27,29)(H,30,31)/b7-6-,9-8+,11-10-,13-12?/t20-,21?,22-/m0/s1. The van der Waals surface area contributed by atoms with Crippen molar-refractivity contribution < 1.29 is 24.6 Å². The Morgan fingerprint density at radius 3 is 2.21 bits per heavy atom. The molecule has 0 spiro atoms. The minimum atomic E-state index is -1.03. The Hall–Kier alpha value is -2.16. The van der Waals surface area contributed by atoms with Gasteiger partial charge in [-0.05, 0) is 32.1 Å². The number of aliphatic hydroxyl groups is 1. The van der Waals surface area contributed by atoms with Crippen molar-refractivity contribution >= 4 is 30.3 Å². The predicted octanol–water partition coefficient (Wildman–Crippen LogP) is 3.36. The van der Waals surface area contributed by atoms with Crippen LogP contribution in [-0.2, 0) is 14.4 Å². The van der Waals surface area contributed by atoms with E-state index in [9.17, 15) is 19.5 Å². The third-order valence-corrected chi connectivity index (χ3v) is 5.32. The quantitative estimate of drug-likeness (QED) is 0.109. The van der Waals surface area contributed by atoms with Crippen molar-refractivity contribution in [3.63, 3.8) is 0 Å². The molecule has 0 aromatic heterocycles. The summed E-state index contributed by atoms with van der Waals surface area (Å²) < 4.78 is 0. The van der Waals surface area contributed by atoms with Crippen molar-refractivity contribution in [2.24, 2.45) is 11.7 Å². The first kappa shape index (κ1) is 30.8. The Morgan fingerprint density at radius 2 is 1.64 bits per heavy atom. The Bertz CT molecular complexity index is 688. The van der Waals surface area contributed by atoms with E-state index in [0.29, 0.717) is 0 Å². The summed E-state index contributed by atoms with van der Waals surface area (Å²) in [6.45, 7) is 1.92. The van der Waals surface area contributed by atoms with Gasteiger partial charge in [0.2, 0.25) is 5.91 Å². The Morgan fingerprint density at radius 1 is 1.00 bits per heavy atom. The first-order chi connectivity index (χ1) is 15.9. The monoisotopic (exact) mass is 480 g/mol. The number of rotatable bonds is 19. The number of carboxylic acids is 1. The van der Waals surface area contributed by atoms with Crippen molar-refractivity contribution in [1.29, 1.82) is 0 Å². The minimum absolute atomic E-state index is 0.0727. The van der Waals surface area contributed by atoms with Gasteiger partial charge in [0, 0.05) is 18.1 Å². The third kappa shape index (κ3) is 16.2. The maximum Gasteiger partial charge on any atom is 0.303 e. The van der Waals surface area contributed by atoms with E-state index in [-0.39, 0.29) is 43.8 Å². The molecule has 1 amide bonds. The minimum Gasteiger partial charge on any atom is -0.481 e. The highest BCUT2D eigenvalue weighted by molar-refractivity contribution is 7.80. The number of ketones is 1. The van der Waals surface area contributed by atoms with Crippen LogP contribution in [0.25, 0.3) is 0 Å². The normalized spacial score (nSPS) is 14.9. The number of Topliss-reactive ketones (excluding diaryl/α,β-unsaturated/α-hetero) is 1. The van der Waals surface area contributed by atoms with E-state index in [4.69, 9.17) is 10.8 Å². The molecule has 0 aliphatic heterocycles. The summed E-state index contributed by atoms with van der Waals surface area (Å²) in [4.78, 5) is 35.3. The van der Waals surface area contributed by atoms with Gasteiger partial charge in [0.15, 0.2) is 5.78 Å². The number of thiol groups is 1. The molecule has 0 rings (SSSR count). The number of nitrogens with one attached hydrogen (secondary N) is 1. The summed E-state index contributed by atoms with van der Waals surface area (Å²) >= 11 is 4.14. The van der Waals surface area contributed by atoms with Crippen LogP contribution >= 0.6 is 12.6 Å². The SMILES string of the molecule is CCCCC\C=C/C=C/C=C\C=CC[C@H](C(=O)C(CS)NC(=O)CN)[C@@H](O)CCCC(=O)O. The van der Waals surface area contributed by atoms with E-state index in [2.05, 4.69) is 30.9 Å². The molecular weight excluding hydrogens is 440 g/mol. The number of unbranched alkanes of at least 4 members (excludes halogenated alkanes) is 3. The van der Waals surface area contributed by atoms with Gasteiger partial charge in [-0.1, -0.05) is 68.4 Å². The lowest BCUT2D eigenvalue weighted by Crippen LogP contribution is -2.49. The smallest absolute Gasteiger partial charge is 0.303 e. The molecule has 8 heteroatoms. The molecule has 0 aliphatic rings. The third-order valence-electron chi connectivity index (χ3n) is 4.96. The molecule has 0 saturated carbocycles. The topological polar surface area (TPSA) is 130 Å². The number of carboxylic acid groups (broad SMARTS) is 1. The van der Waals surface area contributed by atoms with Crippen LogP contribution in [0.4, 0.5) is 0 Å². The highest BCUT2D eigenvalue weighted by Crippen LogP contribution is 2.19. The Labute approximate surface area is 203 Å². The van der Waals surface area contributed by atoms with Crippen molar-refractivity contribution in [3.05, 3.63) is 48.6 Å². The van der Waals surface area contributed by atoms with Gasteiger partial charge >= 0.3 is 5.97 Å². The number of allylic oxidation sites excluding steroid dienone is 8. The van der Waals surface area contributed by atoms with E-state index >= 15 is 0 Å². The molecule has 0 fully saturated rings. The maximum absolute atomic E-state index is 12.9. The molecule has 186 valence electrons. The zero-order chi connectivity index (χ0) is 24.9. The molecule has 0 aromatic carbocycles. The van der Waals surface area contributed by atoms with Gasteiger partial charge in [-0.2, -0.15) is 12.6 Å². The number of carbonyl (C=O) groups is 3. The molecule has 7 nitrogen and oxygen atoms in total. The molecule has 3 atom stereocenters. The number of amides is 1. The van der Waals surface area contributed by atoms with Gasteiger partial charge < -0.3 is 21.3 Å². The van der Waals surface area contributed by atoms with Crippen LogP contribution in [0.3, 0.4) is 0 Å². The molecule has 5 N–H and O–H groups in total. The number of carbonyl (C=O) groups excluding carboxylic acids is 2. The van der Waals surface area contributed by atoms with Crippen molar-refractivity contribution in [2.45, 2.75) is 70.4 Å². The first-order valence-electron chi connectivity index (χ1n) is 11.6. The second-order valence-electron chi connectivity index (χ2n) is 7.73. The first-order valence-corrected chi connectivity index (χ1v) is 12.2. The molecule has 0 heterocycles. The van der Waals surface area contributed by atoms with Gasteiger partial charge in [0.25, 0.3) is 0 Å². The lowest BCUT2D eigenvalue weighted by molar-refractivity contribution is -0.137. The van der Waals surface area contributed by atoms with Crippen LogP contribution in [0.5, 0.6) is 0 Å². The summed E-state index contributed by atoms with van der Waals surface area (Å²) in [7, 11) is 0. The Balaban J connectivity index is 4.95. The van der Waals surface area contributed by atoms with E-state index in [1.54, 1.807) is 12.2 Å². The average molecular weight is 481 g/mol. The molecule has 33 heavy (non-hydrogen) atoms. The van der Waals surface area contributed by atoms with Gasteiger partial charge in [0.05, 0.1) is 18.7 Å². The summed E-state index contributed by atoms with van der Waals surface area (Å²) in [5.41, 5.74) is 5.31. The lowest BCUT2D eigenvalue weighted by atomic mass is 9.87. The molecule has 0 aromatic rings.